The number of hydrogen-bond donors (Lipinski definition) is 2. The molecular weight excluding hydrogens is 284 g/mol. The van der Waals surface area contributed by atoms with Crippen LogP contribution < -0.4 is 10.7 Å². The first-order valence-corrected chi connectivity index (χ1v) is 7.49. The summed E-state index contributed by atoms with van der Waals surface area (Å²) >= 11 is 1.57. The van der Waals surface area contributed by atoms with Crippen LogP contribution in [0.2, 0.25) is 0 Å². The Hall–Kier alpha value is -2.40. The summed E-state index contributed by atoms with van der Waals surface area (Å²) in [6.45, 7) is 1.90. The van der Waals surface area contributed by atoms with Crippen molar-refractivity contribution in [3.63, 3.8) is 0 Å². The van der Waals surface area contributed by atoms with Crippen LogP contribution in [0.3, 0.4) is 0 Å². The van der Waals surface area contributed by atoms with Crippen molar-refractivity contribution >= 4 is 28.1 Å². The van der Waals surface area contributed by atoms with E-state index in [2.05, 4.69) is 10.3 Å². The van der Waals surface area contributed by atoms with Crippen molar-refractivity contribution in [2.45, 2.75) is 13.0 Å². The van der Waals surface area contributed by atoms with E-state index < -0.39 is 0 Å². The van der Waals surface area contributed by atoms with E-state index in [0.29, 0.717) is 5.39 Å². The third-order valence-corrected chi connectivity index (χ3v) is 4.41. The smallest absolute Gasteiger partial charge is 0.257 e. The highest BCUT2D eigenvalue weighted by Crippen LogP contribution is 2.18. The fraction of sp³-hybridized carbons (Fsp3) is 0.125. The summed E-state index contributed by atoms with van der Waals surface area (Å²) in [5, 5.41) is 5.34. The Balaban J connectivity index is 1.92. The van der Waals surface area contributed by atoms with Crippen LogP contribution in [-0.4, -0.2) is 10.9 Å². The van der Waals surface area contributed by atoms with Crippen molar-refractivity contribution in [2.24, 2.45) is 0 Å². The molecule has 2 N–H and O–H groups in total. The molecule has 3 rings (SSSR count). The maximum absolute atomic E-state index is 12.4. The van der Waals surface area contributed by atoms with Gasteiger partial charge in [0.25, 0.3) is 5.91 Å². The molecule has 0 bridgehead atoms. The summed E-state index contributed by atoms with van der Waals surface area (Å²) in [6, 6.07) is 10.9. The minimum absolute atomic E-state index is 0.122. The van der Waals surface area contributed by atoms with Crippen molar-refractivity contribution < 1.29 is 4.79 Å². The first kappa shape index (κ1) is 13.6. The average Bonchev–Trinajstić information content (AvgIpc) is 3.02. The molecule has 4 nitrogen and oxygen atoms in total. The number of aromatic amines is 1. The third-order valence-electron chi connectivity index (χ3n) is 3.35. The van der Waals surface area contributed by atoms with Gasteiger partial charge in [0.05, 0.1) is 6.04 Å². The van der Waals surface area contributed by atoms with E-state index in [1.54, 1.807) is 23.5 Å². The largest absolute Gasteiger partial charge is 0.360 e. The van der Waals surface area contributed by atoms with E-state index in [9.17, 15) is 9.59 Å². The van der Waals surface area contributed by atoms with Crippen LogP contribution in [0.25, 0.3) is 10.9 Å². The SMILES string of the molecule is C[C@H](NC(=O)c1c[nH]c2ccccc2c1=O)c1cccs1. The van der Waals surface area contributed by atoms with Crippen molar-refractivity contribution in [1.29, 1.82) is 0 Å². The van der Waals surface area contributed by atoms with E-state index in [0.717, 1.165) is 10.4 Å². The van der Waals surface area contributed by atoms with Gasteiger partial charge in [-0.3, -0.25) is 9.59 Å². The highest BCUT2D eigenvalue weighted by Gasteiger charge is 2.16. The zero-order valence-electron chi connectivity index (χ0n) is 11.4. The quantitative estimate of drug-likeness (QED) is 0.780. The molecule has 0 aliphatic rings. The minimum atomic E-state index is -0.358. The Labute approximate surface area is 125 Å². The van der Waals surface area contributed by atoms with Gasteiger partial charge in [-0.15, -0.1) is 11.3 Å². The molecule has 0 spiro atoms. The van der Waals surface area contributed by atoms with Gasteiger partial charge in [-0.05, 0) is 30.5 Å². The number of carbonyl (C=O) groups is 1. The number of pyridine rings is 1. The maximum Gasteiger partial charge on any atom is 0.257 e. The van der Waals surface area contributed by atoms with Crippen LogP contribution in [0.1, 0.15) is 28.2 Å². The fourth-order valence-electron chi connectivity index (χ4n) is 2.22. The Kier molecular flexibility index (Phi) is 3.58. The molecular formula is C16H14N2O2S. The summed E-state index contributed by atoms with van der Waals surface area (Å²) in [7, 11) is 0. The van der Waals surface area contributed by atoms with Gasteiger partial charge in [-0.1, -0.05) is 18.2 Å². The molecule has 1 amide bonds. The van der Waals surface area contributed by atoms with Gasteiger partial charge in [-0.25, -0.2) is 0 Å². The predicted molar refractivity (Wildman–Crippen MR) is 84.8 cm³/mol. The number of rotatable bonds is 3. The van der Waals surface area contributed by atoms with Gasteiger partial charge < -0.3 is 10.3 Å². The first-order chi connectivity index (χ1) is 10.2. The second kappa shape index (κ2) is 5.54. The average molecular weight is 298 g/mol. The molecule has 3 aromatic rings. The number of para-hydroxylation sites is 1. The van der Waals surface area contributed by atoms with Crippen molar-refractivity contribution in [3.05, 3.63) is 68.6 Å². The summed E-state index contributed by atoms with van der Waals surface area (Å²) in [6.07, 6.45) is 1.47. The van der Waals surface area contributed by atoms with Gasteiger partial charge in [0.15, 0.2) is 0 Å². The highest BCUT2D eigenvalue weighted by atomic mass is 32.1. The van der Waals surface area contributed by atoms with Gasteiger partial charge in [0, 0.05) is 22.0 Å². The Bertz CT molecular complexity index is 837. The number of hydrogen-bond acceptors (Lipinski definition) is 3. The second-order valence-electron chi connectivity index (χ2n) is 4.79. The molecule has 21 heavy (non-hydrogen) atoms. The van der Waals surface area contributed by atoms with E-state index in [1.165, 1.54) is 6.20 Å². The molecule has 5 heteroatoms. The summed E-state index contributed by atoms with van der Waals surface area (Å²) in [4.78, 5) is 28.7. The van der Waals surface area contributed by atoms with Gasteiger partial charge in [0.1, 0.15) is 5.56 Å². The Morgan fingerprint density at radius 1 is 1.24 bits per heavy atom. The van der Waals surface area contributed by atoms with Crippen LogP contribution in [0.4, 0.5) is 0 Å². The second-order valence-corrected chi connectivity index (χ2v) is 5.77. The summed E-state index contributed by atoms with van der Waals surface area (Å²) in [5.74, 6) is -0.358. The van der Waals surface area contributed by atoms with Crippen LogP contribution in [0, 0.1) is 0 Å². The molecule has 106 valence electrons. The number of benzene rings is 1. The van der Waals surface area contributed by atoms with Gasteiger partial charge in [0.2, 0.25) is 5.43 Å². The lowest BCUT2D eigenvalue weighted by Gasteiger charge is -2.12. The van der Waals surface area contributed by atoms with E-state index in [-0.39, 0.29) is 22.9 Å². The lowest BCUT2D eigenvalue weighted by molar-refractivity contribution is 0.0939. The van der Waals surface area contributed by atoms with Crippen LogP contribution in [0.15, 0.2) is 52.8 Å². The molecule has 2 aromatic heterocycles. The van der Waals surface area contributed by atoms with Gasteiger partial charge in [-0.2, -0.15) is 0 Å². The molecule has 0 aliphatic carbocycles. The Morgan fingerprint density at radius 3 is 2.81 bits per heavy atom. The fourth-order valence-corrected chi connectivity index (χ4v) is 2.95. The topological polar surface area (TPSA) is 62.0 Å². The van der Waals surface area contributed by atoms with E-state index in [1.807, 2.05) is 36.6 Å². The lowest BCUT2D eigenvalue weighted by Crippen LogP contribution is -2.30. The number of aromatic nitrogens is 1. The highest BCUT2D eigenvalue weighted by molar-refractivity contribution is 7.10. The van der Waals surface area contributed by atoms with E-state index in [4.69, 9.17) is 0 Å². The zero-order chi connectivity index (χ0) is 14.8. The number of thiophene rings is 1. The molecule has 0 unspecified atom stereocenters. The Morgan fingerprint density at radius 2 is 2.05 bits per heavy atom. The number of carbonyl (C=O) groups excluding carboxylic acids is 1. The molecule has 0 saturated carbocycles. The van der Waals surface area contributed by atoms with E-state index >= 15 is 0 Å². The summed E-state index contributed by atoms with van der Waals surface area (Å²) in [5.41, 5.74) is 0.614. The summed E-state index contributed by atoms with van der Waals surface area (Å²) < 4.78 is 0. The molecule has 0 saturated heterocycles. The number of H-pyrrole nitrogens is 1. The number of amides is 1. The van der Waals surface area contributed by atoms with Crippen molar-refractivity contribution in [3.8, 4) is 0 Å². The molecule has 0 radical (unpaired) electrons. The monoisotopic (exact) mass is 298 g/mol. The molecule has 2 heterocycles. The van der Waals surface area contributed by atoms with Crippen molar-refractivity contribution in [2.75, 3.05) is 0 Å². The zero-order valence-corrected chi connectivity index (χ0v) is 12.2. The van der Waals surface area contributed by atoms with Crippen LogP contribution in [-0.2, 0) is 0 Å². The predicted octanol–water partition coefficient (Wildman–Crippen LogP) is 3.08. The molecule has 0 aliphatic heterocycles. The lowest BCUT2D eigenvalue weighted by atomic mass is 10.1. The molecule has 0 fully saturated rings. The van der Waals surface area contributed by atoms with Crippen LogP contribution >= 0.6 is 11.3 Å². The number of fused-ring (bicyclic) bond motifs is 1. The minimum Gasteiger partial charge on any atom is -0.360 e. The standard InChI is InChI=1S/C16H14N2O2S/c1-10(14-7-4-8-21-14)18-16(20)12-9-17-13-6-3-2-5-11(13)15(12)19/h2-10H,1H3,(H,17,19)(H,18,20)/t10-/m0/s1. The normalized spacial score (nSPS) is 12.2. The molecule has 1 atom stereocenters. The number of nitrogens with one attached hydrogen (secondary N) is 2. The van der Waals surface area contributed by atoms with Crippen molar-refractivity contribution in [1.82, 2.24) is 10.3 Å². The third kappa shape index (κ3) is 2.60. The molecule has 1 aromatic carbocycles. The maximum atomic E-state index is 12.4. The first-order valence-electron chi connectivity index (χ1n) is 6.61. The van der Waals surface area contributed by atoms with Crippen LogP contribution in [0.5, 0.6) is 0 Å². The van der Waals surface area contributed by atoms with Gasteiger partial charge >= 0.3 is 0 Å².